The van der Waals surface area contributed by atoms with Crippen LogP contribution in [0.25, 0.3) is 0 Å². The number of rotatable bonds is 8. The summed E-state index contributed by atoms with van der Waals surface area (Å²) >= 11 is 0. The Morgan fingerprint density at radius 2 is 2.12 bits per heavy atom. The fourth-order valence-electron chi connectivity index (χ4n) is 0.904. The maximum atomic E-state index is 11.3. The first kappa shape index (κ1) is 15.7. The van der Waals surface area contributed by atoms with Crippen LogP contribution in [0, 0.1) is 5.41 Å². The van der Waals surface area contributed by atoms with E-state index in [-0.39, 0.29) is 24.9 Å². The van der Waals surface area contributed by atoms with E-state index in [1.165, 1.54) is 0 Å². The average molecular weight is 247 g/mol. The highest BCUT2D eigenvalue weighted by molar-refractivity contribution is 5.86. The van der Waals surface area contributed by atoms with Crippen LogP contribution in [0.5, 0.6) is 0 Å². The van der Waals surface area contributed by atoms with E-state index in [2.05, 4.69) is 10.5 Å². The van der Waals surface area contributed by atoms with Crippen LogP contribution in [0.4, 0.5) is 0 Å². The van der Waals surface area contributed by atoms with Crippen molar-refractivity contribution in [2.45, 2.75) is 13.8 Å². The Hall–Kier alpha value is -1.34. The van der Waals surface area contributed by atoms with Crippen molar-refractivity contribution in [2.24, 2.45) is 16.3 Å². The van der Waals surface area contributed by atoms with Crippen LogP contribution in [-0.4, -0.2) is 50.4 Å². The molecule has 4 N–H and O–H groups in total. The standard InChI is InChI=1S/C10H21N3O4/c1-10(2,9(11)13-15)7-12-8(14)6-17-5-4-16-3/h15H,4-7H2,1-3H3,(H2,11,13)(H,12,14). The minimum absolute atomic E-state index is 0.0321. The van der Waals surface area contributed by atoms with E-state index >= 15 is 0 Å². The van der Waals surface area contributed by atoms with Gasteiger partial charge in [-0.3, -0.25) is 4.79 Å². The Labute approximate surface area is 101 Å². The van der Waals surface area contributed by atoms with Crippen LogP contribution < -0.4 is 11.1 Å². The fraction of sp³-hybridized carbons (Fsp3) is 0.800. The highest BCUT2D eigenvalue weighted by Gasteiger charge is 2.24. The van der Waals surface area contributed by atoms with E-state index in [4.69, 9.17) is 20.4 Å². The third kappa shape index (κ3) is 6.75. The van der Waals surface area contributed by atoms with Gasteiger partial charge in [0.25, 0.3) is 0 Å². The minimum Gasteiger partial charge on any atom is -0.409 e. The van der Waals surface area contributed by atoms with Crippen molar-refractivity contribution in [3.63, 3.8) is 0 Å². The molecule has 0 aromatic heterocycles. The molecule has 0 unspecified atom stereocenters. The van der Waals surface area contributed by atoms with Crippen molar-refractivity contribution in [1.29, 1.82) is 0 Å². The Bertz CT molecular complexity index is 266. The smallest absolute Gasteiger partial charge is 0.246 e. The number of amides is 1. The zero-order valence-corrected chi connectivity index (χ0v) is 10.5. The topological polar surface area (TPSA) is 106 Å². The summed E-state index contributed by atoms with van der Waals surface area (Å²) in [6.07, 6.45) is 0. The quantitative estimate of drug-likeness (QED) is 0.177. The maximum absolute atomic E-state index is 11.3. The minimum atomic E-state index is -0.600. The van der Waals surface area contributed by atoms with E-state index in [0.29, 0.717) is 13.2 Å². The molecule has 17 heavy (non-hydrogen) atoms. The number of methoxy groups -OCH3 is 1. The first-order valence-corrected chi connectivity index (χ1v) is 5.25. The lowest BCUT2D eigenvalue weighted by Crippen LogP contribution is -2.43. The molecule has 0 aliphatic rings. The van der Waals surface area contributed by atoms with Crippen molar-refractivity contribution in [3.8, 4) is 0 Å². The number of hydrogen-bond donors (Lipinski definition) is 3. The molecule has 0 rings (SSSR count). The van der Waals surface area contributed by atoms with Gasteiger partial charge in [0.15, 0.2) is 0 Å². The lowest BCUT2D eigenvalue weighted by molar-refractivity contribution is -0.126. The van der Waals surface area contributed by atoms with Crippen molar-refractivity contribution in [3.05, 3.63) is 0 Å². The second-order valence-electron chi connectivity index (χ2n) is 4.19. The number of oxime groups is 1. The maximum Gasteiger partial charge on any atom is 0.246 e. The van der Waals surface area contributed by atoms with Gasteiger partial charge < -0.3 is 25.7 Å². The van der Waals surface area contributed by atoms with Gasteiger partial charge in [0.05, 0.1) is 13.2 Å². The number of carbonyl (C=O) groups excluding carboxylic acids is 1. The van der Waals surface area contributed by atoms with E-state index < -0.39 is 5.41 Å². The molecule has 0 saturated carbocycles. The molecule has 0 aromatic rings. The number of carbonyl (C=O) groups is 1. The zero-order chi connectivity index (χ0) is 13.3. The average Bonchev–Trinajstić information content (AvgIpc) is 2.31. The monoisotopic (exact) mass is 247 g/mol. The molecular formula is C10H21N3O4. The summed E-state index contributed by atoms with van der Waals surface area (Å²) in [5.74, 6) is -0.182. The largest absolute Gasteiger partial charge is 0.409 e. The van der Waals surface area contributed by atoms with Crippen molar-refractivity contribution in [1.82, 2.24) is 5.32 Å². The van der Waals surface area contributed by atoms with Crippen LogP contribution in [0.15, 0.2) is 5.16 Å². The van der Waals surface area contributed by atoms with Crippen LogP contribution in [0.1, 0.15) is 13.8 Å². The second kappa shape index (κ2) is 7.86. The molecule has 1 amide bonds. The number of amidine groups is 1. The van der Waals surface area contributed by atoms with Gasteiger partial charge in [-0.25, -0.2) is 0 Å². The Morgan fingerprint density at radius 3 is 2.65 bits per heavy atom. The summed E-state index contributed by atoms with van der Waals surface area (Å²) in [4.78, 5) is 11.3. The van der Waals surface area contributed by atoms with Gasteiger partial charge in [-0.15, -0.1) is 0 Å². The van der Waals surface area contributed by atoms with Crippen molar-refractivity contribution >= 4 is 11.7 Å². The zero-order valence-electron chi connectivity index (χ0n) is 10.5. The molecule has 0 atom stereocenters. The lowest BCUT2D eigenvalue weighted by Gasteiger charge is -2.22. The number of nitrogens with zero attached hydrogens (tertiary/aromatic N) is 1. The van der Waals surface area contributed by atoms with E-state index in [0.717, 1.165) is 0 Å². The molecule has 0 aliphatic heterocycles. The van der Waals surface area contributed by atoms with Gasteiger partial charge >= 0.3 is 0 Å². The predicted molar refractivity (Wildman–Crippen MR) is 62.9 cm³/mol. The molecule has 7 heteroatoms. The van der Waals surface area contributed by atoms with E-state index in [1.54, 1.807) is 21.0 Å². The van der Waals surface area contributed by atoms with Gasteiger partial charge in [-0.1, -0.05) is 19.0 Å². The molecule has 0 heterocycles. The highest BCUT2D eigenvalue weighted by atomic mass is 16.5. The summed E-state index contributed by atoms with van der Waals surface area (Å²) in [5, 5.41) is 14.1. The van der Waals surface area contributed by atoms with Gasteiger partial charge in [0.1, 0.15) is 12.4 Å². The van der Waals surface area contributed by atoms with Crippen molar-refractivity contribution < 1.29 is 19.5 Å². The molecule has 0 bridgehead atoms. The van der Waals surface area contributed by atoms with Crippen molar-refractivity contribution in [2.75, 3.05) is 33.5 Å². The molecule has 0 radical (unpaired) electrons. The molecule has 0 aliphatic carbocycles. The SMILES string of the molecule is COCCOCC(=O)NCC(C)(C)C(N)=NO. The Kier molecular flexibility index (Phi) is 7.24. The number of hydrogen-bond acceptors (Lipinski definition) is 5. The molecule has 7 nitrogen and oxygen atoms in total. The van der Waals surface area contributed by atoms with Crippen LogP contribution in [0.2, 0.25) is 0 Å². The van der Waals surface area contributed by atoms with Gasteiger partial charge in [-0.05, 0) is 0 Å². The fourth-order valence-corrected chi connectivity index (χ4v) is 0.904. The summed E-state index contributed by atoms with van der Waals surface area (Å²) in [6.45, 7) is 4.57. The highest BCUT2D eigenvalue weighted by Crippen LogP contribution is 2.12. The van der Waals surface area contributed by atoms with Crippen LogP contribution >= 0.6 is 0 Å². The molecule has 0 saturated heterocycles. The van der Waals surface area contributed by atoms with E-state index in [9.17, 15) is 4.79 Å². The molecule has 0 aromatic carbocycles. The van der Waals surface area contributed by atoms with Gasteiger partial charge in [0.2, 0.25) is 5.91 Å². The summed E-state index contributed by atoms with van der Waals surface area (Å²) in [7, 11) is 1.56. The first-order valence-electron chi connectivity index (χ1n) is 5.25. The van der Waals surface area contributed by atoms with Gasteiger partial charge in [-0.2, -0.15) is 0 Å². The van der Waals surface area contributed by atoms with E-state index in [1.807, 2.05) is 0 Å². The first-order chi connectivity index (χ1) is 7.94. The summed E-state index contributed by atoms with van der Waals surface area (Å²) < 4.78 is 9.81. The molecule has 0 spiro atoms. The van der Waals surface area contributed by atoms with Crippen LogP contribution in [-0.2, 0) is 14.3 Å². The summed E-state index contributed by atoms with van der Waals surface area (Å²) in [6, 6.07) is 0. The second-order valence-corrected chi connectivity index (χ2v) is 4.19. The summed E-state index contributed by atoms with van der Waals surface area (Å²) in [5.41, 5.74) is 4.88. The lowest BCUT2D eigenvalue weighted by atomic mass is 9.92. The predicted octanol–water partition coefficient (Wildman–Crippen LogP) is -0.462. The number of nitrogens with one attached hydrogen (secondary N) is 1. The number of nitrogens with two attached hydrogens (primary N) is 1. The third-order valence-electron chi connectivity index (χ3n) is 2.19. The van der Waals surface area contributed by atoms with Crippen LogP contribution in [0.3, 0.4) is 0 Å². The normalized spacial score (nSPS) is 12.5. The molecule has 100 valence electrons. The molecular weight excluding hydrogens is 226 g/mol. The number of ether oxygens (including phenoxy) is 2. The third-order valence-corrected chi connectivity index (χ3v) is 2.19. The van der Waals surface area contributed by atoms with Gasteiger partial charge in [0, 0.05) is 19.1 Å². The Morgan fingerprint density at radius 1 is 1.47 bits per heavy atom. The Balaban J connectivity index is 3.84. The molecule has 0 fully saturated rings.